The number of benzene rings is 2. The van der Waals surface area contributed by atoms with Crippen LogP contribution < -0.4 is 0 Å². The largest absolute Gasteiger partial charge is 0.269 e. The highest BCUT2D eigenvalue weighted by Gasteiger charge is 2.53. The fourth-order valence-electron chi connectivity index (χ4n) is 2.63. The minimum atomic E-state index is -3.64. The topological polar surface area (TPSA) is 80.3 Å². The molecule has 7 heteroatoms. The fourth-order valence-corrected chi connectivity index (χ4v) is 4.45. The third-order valence-electron chi connectivity index (χ3n) is 3.81. The molecule has 0 amide bonds. The van der Waals surface area contributed by atoms with Gasteiger partial charge in [0.05, 0.1) is 15.9 Å². The van der Waals surface area contributed by atoms with Crippen molar-refractivity contribution in [3.63, 3.8) is 0 Å². The zero-order valence-corrected chi connectivity index (χ0v) is 12.6. The summed E-state index contributed by atoms with van der Waals surface area (Å²) in [5.74, 6) is 0. The molecule has 2 aromatic carbocycles. The summed E-state index contributed by atoms with van der Waals surface area (Å²) in [4.78, 5) is 10.2. The van der Waals surface area contributed by atoms with Crippen molar-refractivity contribution in [1.29, 1.82) is 0 Å². The highest BCUT2D eigenvalue weighted by Crippen LogP contribution is 2.47. The third-order valence-corrected chi connectivity index (χ3v) is 5.79. The van der Waals surface area contributed by atoms with E-state index in [9.17, 15) is 18.5 Å². The van der Waals surface area contributed by atoms with Crippen LogP contribution >= 0.6 is 0 Å². The van der Waals surface area contributed by atoms with Crippen LogP contribution in [0.5, 0.6) is 0 Å². The van der Waals surface area contributed by atoms with Gasteiger partial charge in [0.25, 0.3) is 5.69 Å². The summed E-state index contributed by atoms with van der Waals surface area (Å²) in [6.07, 6.45) is 0. The number of hydrogen-bond acceptors (Lipinski definition) is 4. The van der Waals surface area contributed by atoms with E-state index in [0.29, 0.717) is 0 Å². The molecule has 0 radical (unpaired) electrons. The van der Waals surface area contributed by atoms with E-state index in [1.165, 1.54) is 28.6 Å². The molecule has 1 unspecified atom stereocenters. The lowest BCUT2D eigenvalue weighted by atomic mass is 10.1. The first-order chi connectivity index (χ1) is 10.4. The number of sulfonamides is 1. The molecule has 2 aromatic rings. The van der Waals surface area contributed by atoms with Crippen molar-refractivity contribution in [2.45, 2.75) is 23.9 Å². The van der Waals surface area contributed by atoms with E-state index in [-0.39, 0.29) is 22.7 Å². The predicted molar refractivity (Wildman–Crippen MR) is 80.8 cm³/mol. The van der Waals surface area contributed by atoms with Gasteiger partial charge in [-0.25, -0.2) is 8.42 Å². The van der Waals surface area contributed by atoms with Crippen molar-refractivity contribution in [2.75, 3.05) is 0 Å². The first-order valence-corrected chi connectivity index (χ1v) is 8.20. The summed E-state index contributed by atoms with van der Waals surface area (Å²) in [7, 11) is -3.64. The first kappa shape index (κ1) is 14.7. The minimum absolute atomic E-state index is 0.0726. The number of nitrogens with zero attached hydrogens (tertiary/aromatic N) is 2. The lowest BCUT2D eigenvalue weighted by Crippen LogP contribution is -2.14. The Morgan fingerprint density at radius 3 is 2.18 bits per heavy atom. The molecule has 1 saturated heterocycles. The zero-order chi connectivity index (χ0) is 15.9. The molecule has 6 nitrogen and oxygen atoms in total. The Hall–Kier alpha value is -2.25. The molecule has 0 spiro atoms. The number of non-ortho nitro benzene ring substituents is 1. The van der Waals surface area contributed by atoms with Gasteiger partial charge in [0.2, 0.25) is 10.0 Å². The van der Waals surface area contributed by atoms with Crippen LogP contribution in [0.2, 0.25) is 0 Å². The van der Waals surface area contributed by atoms with Gasteiger partial charge >= 0.3 is 0 Å². The second-order valence-corrected chi connectivity index (χ2v) is 7.03. The predicted octanol–water partition coefficient (Wildman–Crippen LogP) is 2.73. The molecule has 1 fully saturated rings. The van der Waals surface area contributed by atoms with Gasteiger partial charge in [-0.3, -0.25) is 10.1 Å². The van der Waals surface area contributed by atoms with Gasteiger partial charge in [-0.2, -0.15) is 4.31 Å². The molecule has 1 heterocycles. The highest BCUT2D eigenvalue weighted by atomic mass is 32.2. The Balaban J connectivity index is 1.89. The van der Waals surface area contributed by atoms with Crippen LogP contribution in [-0.4, -0.2) is 23.7 Å². The molecule has 0 N–H and O–H groups in total. The van der Waals surface area contributed by atoms with E-state index >= 15 is 0 Å². The summed E-state index contributed by atoms with van der Waals surface area (Å²) in [6.45, 7) is 1.85. The van der Waals surface area contributed by atoms with Crippen LogP contribution in [0.1, 0.15) is 18.5 Å². The Bertz CT molecular complexity index is 803. The normalized spacial score (nSPS) is 24.0. The maximum absolute atomic E-state index is 12.6. The number of hydrogen-bond donors (Lipinski definition) is 0. The smallest absolute Gasteiger partial charge is 0.258 e. The van der Waals surface area contributed by atoms with E-state index < -0.39 is 14.9 Å². The molecule has 0 aliphatic carbocycles. The van der Waals surface area contributed by atoms with E-state index in [1.54, 1.807) is 0 Å². The monoisotopic (exact) mass is 318 g/mol. The summed E-state index contributed by atoms with van der Waals surface area (Å²) in [5, 5.41) is 10.6. The van der Waals surface area contributed by atoms with Crippen LogP contribution in [0.4, 0.5) is 5.69 Å². The van der Waals surface area contributed by atoms with Gasteiger partial charge < -0.3 is 0 Å². The quantitative estimate of drug-likeness (QED) is 0.493. The van der Waals surface area contributed by atoms with Gasteiger partial charge in [-0.15, -0.1) is 0 Å². The average Bonchev–Trinajstić information content (AvgIpc) is 3.20. The summed E-state index contributed by atoms with van der Waals surface area (Å²) >= 11 is 0. The van der Waals surface area contributed by atoms with Crippen LogP contribution in [0.3, 0.4) is 0 Å². The van der Waals surface area contributed by atoms with Crippen LogP contribution in [0.15, 0.2) is 59.5 Å². The van der Waals surface area contributed by atoms with Gasteiger partial charge in [0.1, 0.15) is 0 Å². The molecule has 1 aliphatic rings. The maximum atomic E-state index is 12.6. The summed E-state index contributed by atoms with van der Waals surface area (Å²) in [6, 6.07) is 14.1. The first-order valence-electron chi connectivity index (χ1n) is 6.76. The van der Waals surface area contributed by atoms with Crippen molar-refractivity contribution in [3.8, 4) is 0 Å². The standard InChI is InChI=1S/C15H14N2O4S/c1-11-15(12-5-3-2-4-6-12)16(11)22(20,21)14-9-7-13(8-10-14)17(18)19/h2-11,15H,1H3/t11-,15+,16?/m1/s1. The number of nitro groups is 1. The maximum Gasteiger partial charge on any atom is 0.269 e. The Morgan fingerprint density at radius 1 is 1.05 bits per heavy atom. The van der Waals surface area contributed by atoms with Crippen LogP contribution in [0, 0.1) is 10.1 Å². The van der Waals surface area contributed by atoms with E-state index in [0.717, 1.165) is 5.56 Å². The molecule has 0 aromatic heterocycles. The van der Waals surface area contributed by atoms with Crippen molar-refractivity contribution in [3.05, 3.63) is 70.3 Å². The summed E-state index contributed by atoms with van der Waals surface area (Å²) in [5.41, 5.74) is 0.817. The molecule has 3 rings (SSSR count). The Labute approximate surface area is 128 Å². The second-order valence-electron chi connectivity index (χ2n) is 5.18. The highest BCUT2D eigenvalue weighted by molar-refractivity contribution is 7.89. The zero-order valence-electron chi connectivity index (χ0n) is 11.8. The van der Waals surface area contributed by atoms with Crippen molar-refractivity contribution >= 4 is 15.7 Å². The third kappa shape index (κ3) is 2.38. The Kier molecular flexibility index (Phi) is 3.46. The van der Waals surface area contributed by atoms with Crippen LogP contribution in [-0.2, 0) is 10.0 Å². The van der Waals surface area contributed by atoms with Crippen LogP contribution in [0.25, 0.3) is 0 Å². The molecule has 114 valence electrons. The van der Waals surface area contributed by atoms with Crippen molar-refractivity contribution < 1.29 is 13.3 Å². The molecule has 1 aliphatic heterocycles. The molecule has 0 bridgehead atoms. The van der Waals surface area contributed by atoms with E-state index in [2.05, 4.69) is 0 Å². The molecular formula is C15H14N2O4S. The SMILES string of the molecule is C[C@@H]1[C@@H](c2ccccc2)N1S(=O)(=O)c1ccc([N+](=O)[O-])cc1. The average molecular weight is 318 g/mol. The number of rotatable bonds is 4. The van der Waals surface area contributed by atoms with Gasteiger partial charge in [0.15, 0.2) is 0 Å². The van der Waals surface area contributed by atoms with Gasteiger partial charge in [0, 0.05) is 18.2 Å². The van der Waals surface area contributed by atoms with Crippen molar-refractivity contribution in [1.82, 2.24) is 4.31 Å². The van der Waals surface area contributed by atoms with E-state index in [1.807, 2.05) is 37.3 Å². The summed E-state index contributed by atoms with van der Waals surface area (Å²) < 4.78 is 26.7. The molecule has 0 saturated carbocycles. The molecule has 3 atom stereocenters. The van der Waals surface area contributed by atoms with Gasteiger partial charge in [-0.05, 0) is 24.6 Å². The van der Waals surface area contributed by atoms with E-state index in [4.69, 9.17) is 0 Å². The van der Waals surface area contributed by atoms with Crippen molar-refractivity contribution in [2.24, 2.45) is 0 Å². The molecular weight excluding hydrogens is 304 g/mol. The lowest BCUT2D eigenvalue weighted by Gasteiger charge is -2.06. The molecule has 22 heavy (non-hydrogen) atoms. The van der Waals surface area contributed by atoms with Gasteiger partial charge in [-0.1, -0.05) is 30.3 Å². The fraction of sp³-hybridized carbons (Fsp3) is 0.200. The minimum Gasteiger partial charge on any atom is -0.258 e. The Morgan fingerprint density at radius 2 is 1.64 bits per heavy atom. The number of nitro benzene ring substituents is 1. The lowest BCUT2D eigenvalue weighted by molar-refractivity contribution is -0.384. The second kappa shape index (κ2) is 5.19.